The first-order valence-electron chi connectivity index (χ1n) is 5.01. The van der Waals surface area contributed by atoms with Crippen LogP contribution in [0.15, 0.2) is 12.1 Å². The molecule has 2 rings (SSSR count). The van der Waals surface area contributed by atoms with E-state index < -0.39 is 0 Å². The Kier molecular flexibility index (Phi) is 4.78. The predicted octanol–water partition coefficient (Wildman–Crippen LogP) is 1.34. The Hall–Kier alpha value is -0.870. The summed E-state index contributed by atoms with van der Waals surface area (Å²) in [5.41, 5.74) is 0.913. The average Bonchev–Trinajstić information content (AvgIpc) is 2.70. The van der Waals surface area contributed by atoms with Gasteiger partial charge in [0.1, 0.15) is 6.61 Å². The molecule has 1 aliphatic heterocycles. The quantitative estimate of drug-likeness (QED) is 0.850. The number of nitrogens with one attached hydrogen (secondary N) is 1. The molecule has 1 aromatic rings. The molecule has 84 valence electrons. The van der Waals surface area contributed by atoms with Crippen molar-refractivity contribution >= 4 is 12.4 Å². The van der Waals surface area contributed by atoms with Gasteiger partial charge in [0.25, 0.3) is 0 Å². The highest BCUT2D eigenvalue weighted by atomic mass is 35.5. The number of halogens is 1. The zero-order valence-electron chi connectivity index (χ0n) is 8.77. The summed E-state index contributed by atoms with van der Waals surface area (Å²) >= 11 is 0. The van der Waals surface area contributed by atoms with Crippen molar-refractivity contribution in [2.24, 2.45) is 0 Å². The van der Waals surface area contributed by atoms with Crippen LogP contribution in [0.1, 0.15) is 18.5 Å². The van der Waals surface area contributed by atoms with Crippen molar-refractivity contribution < 1.29 is 4.74 Å². The highest BCUT2D eigenvalue weighted by molar-refractivity contribution is 5.85. The van der Waals surface area contributed by atoms with Crippen LogP contribution >= 0.6 is 12.4 Å². The zero-order chi connectivity index (χ0) is 9.80. The second-order valence-corrected chi connectivity index (χ2v) is 3.62. The number of hydrogen-bond donors (Lipinski definition) is 1. The van der Waals surface area contributed by atoms with Crippen molar-refractivity contribution in [1.82, 2.24) is 15.5 Å². The van der Waals surface area contributed by atoms with Crippen molar-refractivity contribution in [2.75, 3.05) is 13.2 Å². The molecule has 0 amide bonds. The van der Waals surface area contributed by atoms with Crippen LogP contribution in [-0.4, -0.2) is 29.4 Å². The molecular weight excluding hydrogens is 214 g/mol. The molecule has 0 aromatic carbocycles. The number of aryl methyl sites for hydroxylation is 1. The largest absolute Gasteiger partial charge is 0.475 e. The van der Waals surface area contributed by atoms with E-state index in [9.17, 15) is 0 Å². The molecule has 1 aromatic heterocycles. The van der Waals surface area contributed by atoms with Crippen LogP contribution in [0.3, 0.4) is 0 Å². The van der Waals surface area contributed by atoms with E-state index >= 15 is 0 Å². The van der Waals surface area contributed by atoms with E-state index in [1.807, 2.05) is 19.1 Å². The van der Waals surface area contributed by atoms with Gasteiger partial charge in [-0.3, -0.25) is 0 Å². The van der Waals surface area contributed by atoms with Crippen LogP contribution in [0.2, 0.25) is 0 Å². The summed E-state index contributed by atoms with van der Waals surface area (Å²) in [5.74, 6) is 0.615. The van der Waals surface area contributed by atoms with E-state index in [2.05, 4.69) is 15.5 Å². The van der Waals surface area contributed by atoms with Gasteiger partial charge in [0, 0.05) is 12.1 Å². The van der Waals surface area contributed by atoms with Gasteiger partial charge in [-0.05, 0) is 32.4 Å². The summed E-state index contributed by atoms with van der Waals surface area (Å²) in [6.07, 6.45) is 2.44. The van der Waals surface area contributed by atoms with Gasteiger partial charge >= 0.3 is 0 Å². The Balaban J connectivity index is 0.00000112. The van der Waals surface area contributed by atoms with E-state index in [0.29, 0.717) is 18.5 Å². The molecule has 2 heterocycles. The third-order valence-corrected chi connectivity index (χ3v) is 2.37. The fourth-order valence-corrected chi connectivity index (χ4v) is 1.55. The normalized spacial score (nSPS) is 19.7. The van der Waals surface area contributed by atoms with Crippen LogP contribution < -0.4 is 10.1 Å². The molecule has 15 heavy (non-hydrogen) atoms. The van der Waals surface area contributed by atoms with Crippen molar-refractivity contribution in [2.45, 2.75) is 25.8 Å². The molecule has 1 aliphatic rings. The number of ether oxygens (including phenoxy) is 1. The van der Waals surface area contributed by atoms with Crippen LogP contribution in [0.25, 0.3) is 0 Å². The molecule has 0 saturated carbocycles. The van der Waals surface area contributed by atoms with Gasteiger partial charge in [-0.2, -0.15) is 5.10 Å². The molecule has 0 spiro atoms. The topological polar surface area (TPSA) is 47.0 Å². The van der Waals surface area contributed by atoms with E-state index in [4.69, 9.17) is 4.74 Å². The van der Waals surface area contributed by atoms with Crippen LogP contribution in [0.5, 0.6) is 5.88 Å². The number of rotatable bonds is 3. The van der Waals surface area contributed by atoms with Gasteiger partial charge in [0.2, 0.25) is 5.88 Å². The van der Waals surface area contributed by atoms with Crippen molar-refractivity contribution in [3.8, 4) is 5.88 Å². The minimum absolute atomic E-state index is 0. The van der Waals surface area contributed by atoms with Crippen molar-refractivity contribution in [3.05, 3.63) is 17.8 Å². The maximum Gasteiger partial charge on any atom is 0.233 e. The fraction of sp³-hybridized carbons (Fsp3) is 0.600. The molecule has 1 fully saturated rings. The van der Waals surface area contributed by atoms with Gasteiger partial charge in [-0.1, -0.05) is 0 Å². The molecule has 1 saturated heterocycles. The Labute approximate surface area is 95.8 Å². The van der Waals surface area contributed by atoms with E-state index in [1.165, 1.54) is 12.8 Å². The first-order chi connectivity index (χ1) is 6.84. The fourth-order valence-electron chi connectivity index (χ4n) is 1.55. The summed E-state index contributed by atoms with van der Waals surface area (Å²) in [4.78, 5) is 0. The lowest BCUT2D eigenvalue weighted by Crippen LogP contribution is -2.28. The zero-order valence-corrected chi connectivity index (χ0v) is 9.59. The number of aromatic nitrogens is 2. The van der Waals surface area contributed by atoms with Gasteiger partial charge in [0.15, 0.2) is 0 Å². The van der Waals surface area contributed by atoms with Crippen LogP contribution in [-0.2, 0) is 0 Å². The van der Waals surface area contributed by atoms with Crippen LogP contribution in [0.4, 0.5) is 0 Å². The standard InChI is InChI=1S/C10H15N3O.ClH/c1-8-4-5-10(13-12-8)14-7-9-3-2-6-11-9;/h4-5,9,11H,2-3,6-7H2,1H3;1H. The number of hydrogen-bond acceptors (Lipinski definition) is 4. The predicted molar refractivity (Wildman–Crippen MR) is 60.5 cm³/mol. The third kappa shape index (κ3) is 3.64. The monoisotopic (exact) mass is 229 g/mol. The lowest BCUT2D eigenvalue weighted by molar-refractivity contribution is 0.264. The van der Waals surface area contributed by atoms with Gasteiger partial charge in [-0.15, -0.1) is 17.5 Å². The minimum Gasteiger partial charge on any atom is -0.475 e. The Morgan fingerprint density at radius 2 is 2.33 bits per heavy atom. The smallest absolute Gasteiger partial charge is 0.233 e. The van der Waals surface area contributed by atoms with Gasteiger partial charge in [0.05, 0.1) is 5.69 Å². The van der Waals surface area contributed by atoms with Crippen LogP contribution in [0, 0.1) is 6.92 Å². The molecule has 0 bridgehead atoms. The summed E-state index contributed by atoms with van der Waals surface area (Å²) in [5, 5.41) is 11.2. The second kappa shape index (κ2) is 5.88. The summed E-state index contributed by atoms with van der Waals surface area (Å²) in [7, 11) is 0. The third-order valence-electron chi connectivity index (χ3n) is 2.37. The van der Waals surface area contributed by atoms with Gasteiger partial charge < -0.3 is 10.1 Å². The highest BCUT2D eigenvalue weighted by Gasteiger charge is 2.14. The lowest BCUT2D eigenvalue weighted by atomic mass is 10.2. The number of nitrogens with zero attached hydrogens (tertiary/aromatic N) is 2. The van der Waals surface area contributed by atoms with E-state index in [1.54, 1.807) is 0 Å². The second-order valence-electron chi connectivity index (χ2n) is 3.62. The summed E-state index contributed by atoms with van der Waals surface area (Å²) in [6, 6.07) is 4.25. The molecule has 0 radical (unpaired) electrons. The maximum absolute atomic E-state index is 5.51. The van der Waals surface area contributed by atoms with Crippen molar-refractivity contribution in [1.29, 1.82) is 0 Å². The highest BCUT2D eigenvalue weighted by Crippen LogP contribution is 2.08. The minimum atomic E-state index is 0. The molecule has 1 N–H and O–H groups in total. The lowest BCUT2D eigenvalue weighted by Gasteiger charge is -2.10. The molecule has 1 unspecified atom stereocenters. The Morgan fingerprint density at radius 3 is 2.93 bits per heavy atom. The summed E-state index contributed by atoms with van der Waals surface area (Å²) < 4.78 is 5.51. The molecular formula is C10H16ClN3O. The molecule has 0 aliphatic carbocycles. The van der Waals surface area contributed by atoms with Gasteiger partial charge in [-0.25, -0.2) is 0 Å². The molecule has 1 atom stereocenters. The Bertz CT molecular complexity index is 285. The van der Waals surface area contributed by atoms with Crippen molar-refractivity contribution in [3.63, 3.8) is 0 Å². The maximum atomic E-state index is 5.51. The summed E-state index contributed by atoms with van der Waals surface area (Å²) in [6.45, 7) is 3.71. The molecule has 5 heteroatoms. The van der Waals surface area contributed by atoms with E-state index in [0.717, 1.165) is 12.2 Å². The first-order valence-corrected chi connectivity index (χ1v) is 5.01. The Morgan fingerprint density at radius 1 is 1.47 bits per heavy atom. The average molecular weight is 230 g/mol. The van der Waals surface area contributed by atoms with E-state index in [-0.39, 0.29) is 12.4 Å². The first kappa shape index (κ1) is 12.2. The SMILES string of the molecule is Cc1ccc(OCC2CCCN2)nn1.Cl. The molecule has 4 nitrogen and oxygen atoms in total.